The van der Waals surface area contributed by atoms with E-state index in [2.05, 4.69) is 19.2 Å². The Labute approximate surface area is 199 Å². The van der Waals surface area contributed by atoms with Gasteiger partial charge in [0.25, 0.3) is 0 Å². The predicted molar refractivity (Wildman–Crippen MR) is 122 cm³/mol. The molecule has 0 aliphatic carbocycles. The van der Waals surface area contributed by atoms with Gasteiger partial charge in [0.15, 0.2) is 0 Å². The third-order valence-corrected chi connectivity index (χ3v) is 6.88. The van der Waals surface area contributed by atoms with E-state index in [1.807, 2.05) is 24.0 Å². The van der Waals surface area contributed by atoms with Gasteiger partial charge in [0.05, 0.1) is 4.90 Å². The standard InChI is InChI=1S/C20H33N3O3S.C2HF3O2/c1-4-12-23(13-9-20(24)22-14-10-21-11-15-22)27(25,26)19-7-5-18(6-8-19)16-17(2)3;3-2(4,5)1(6)7/h5-8,17,21H,4,9-16H2,1-3H3;(H,6,7). The number of nitrogens with zero attached hydrogens (tertiary/aromatic N) is 2. The van der Waals surface area contributed by atoms with E-state index in [-0.39, 0.29) is 18.9 Å². The van der Waals surface area contributed by atoms with Crippen molar-refractivity contribution in [2.75, 3.05) is 39.3 Å². The number of halogens is 3. The van der Waals surface area contributed by atoms with Crippen molar-refractivity contribution in [3.63, 3.8) is 0 Å². The summed E-state index contributed by atoms with van der Waals surface area (Å²) in [6.45, 7) is 9.86. The van der Waals surface area contributed by atoms with E-state index in [1.54, 1.807) is 12.1 Å². The zero-order valence-electron chi connectivity index (χ0n) is 19.8. The van der Waals surface area contributed by atoms with Gasteiger partial charge in [-0.15, -0.1) is 0 Å². The van der Waals surface area contributed by atoms with Crippen molar-refractivity contribution in [1.82, 2.24) is 14.5 Å². The molecule has 1 fully saturated rings. The fourth-order valence-corrected chi connectivity index (χ4v) is 4.84. The molecule has 12 heteroatoms. The van der Waals surface area contributed by atoms with Crippen molar-refractivity contribution in [1.29, 1.82) is 0 Å². The van der Waals surface area contributed by atoms with Gasteiger partial charge in [0.1, 0.15) is 0 Å². The third-order valence-electron chi connectivity index (χ3n) is 4.97. The second-order valence-electron chi connectivity index (χ2n) is 8.33. The number of aliphatic carboxylic acids is 1. The van der Waals surface area contributed by atoms with E-state index >= 15 is 0 Å². The molecule has 1 aromatic carbocycles. The van der Waals surface area contributed by atoms with Crippen LogP contribution in [0.2, 0.25) is 0 Å². The Morgan fingerprint density at radius 2 is 1.65 bits per heavy atom. The lowest BCUT2D eigenvalue weighted by Gasteiger charge is -2.28. The molecule has 0 spiro atoms. The molecule has 0 atom stereocenters. The van der Waals surface area contributed by atoms with Crippen LogP contribution in [0.15, 0.2) is 29.2 Å². The Morgan fingerprint density at radius 1 is 1.12 bits per heavy atom. The van der Waals surface area contributed by atoms with Crippen molar-refractivity contribution in [3.8, 4) is 0 Å². The minimum atomic E-state index is -5.08. The summed E-state index contributed by atoms with van der Waals surface area (Å²) in [6, 6.07) is 7.16. The molecule has 194 valence electrons. The van der Waals surface area contributed by atoms with Crippen LogP contribution in [0.3, 0.4) is 0 Å². The van der Waals surface area contributed by atoms with E-state index in [1.165, 1.54) is 4.31 Å². The first-order valence-electron chi connectivity index (χ1n) is 11.2. The van der Waals surface area contributed by atoms with Crippen LogP contribution in [0.25, 0.3) is 0 Å². The van der Waals surface area contributed by atoms with Crippen LogP contribution in [0, 0.1) is 5.92 Å². The van der Waals surface area contributed by atoms with Crippen LogP contribution >= 0.6 is 0 Å². The normalized spacial score (nSPS) is 14.6. The topological polar surface area (TPSA) is 107 Å². The highest BCUT2D eigenvalue weighted by Crippen LogP contribution is 2.19. The van der Waals surface area contributed by atoms with Crippen molar-refractivity contribution in [2.24, 2.45) is 5.92 Å². The average molecular weight is 510 g/mol. The molecule has 0 saturated carbocycles. The Kier molecular flexibility index (Phi) is 12.0. The number of carboxylic acids is 1. The maximum Gasteiger partial charge on any atom is 0.490 e. The molecule has 1 aliphatic heterocycles. The minimum absolute atomic E-state index is 0.0279. The molecule has 1 heterocycles. The molecule has 0 radical (unpaired) electrons. The number of benzene rings is 1. The summed E-state index contributed by atoms with van der Waals surface area (Å²) >= 11 is 0. The van der Waals surface area contributed by atoms with Crippen LogP contribution in [0.5, 0.6) is 0 Å². The third kappa shape index (κ3) is 9.98. The molecule has 2 N–H and O–H groups in total. The minimum Gasteiger partial charge on any atom is -0.475 e. The maximum atomic E-state index is 13.0. The number of amides is 1. The molecule has 0 aromatic heterocycles. The Morgan fingerprint density at radius 3 is 2.09 bits per heavy atom. The van der Waals surface area contributed by atoms with Crippen molar-refractivity contribution in [2.45, 2.75) is 51.1 Å². The van der Waals surface area contributed by atoms with Crippen LogP contribution in [0.1, 0.15) is 39.2 Å². The molecule has 8 nitrogen and oxygen atoms in total. The van der Waals surface area contributed by atoms with Gasteiger partial charge >= 0.3 is 12.1 Å². The zero-order chi connectivity index (χ0) is 25.9. The van der Waals surface area contributed by atoms with Crippen LogP contribution in [-0.2, 0) is 26.0 Å². The van der Waals surface area contributed by atoms with Crippen molar-refractivity contribution in [3.05, 3.63) is 29.8 Å². The molecular weight excluding hydrogens is 475 g/mol. The van der Waals surface area contributed by atoms with Crippen molar-refractivity contribution >= 4 is 21.9 Å². The van der Waals surface area contributed by atoms with Gasteiger partial charge < -0.3 is 15.3 Å². The van der Waals surface area contributed by atoms with Gasteiger partial charge in [0.2, 0.25) is 15.9 Å². The number of alkyl halides is 3. The van der Waals surface area contributed by atoms with Crippen LogP contribution in [-0.4, -0.2) is 80.1 Å². The van der Waals surface area contributed by atoms with Gasteiger partial charge in [-0.05, 0) is 36.5 Å². The number of hydrogen-bond donors (Lipinski definition) is 2. The number of nitrogens with one attached hydrogen (secondary N) is 1. The van der Waals surface area contributed by atoms with Crippen LogP contribution in [0.4, 0.5) is 13.2 Å². The van der Waals surface area contributed by atoms with Gasteiger partial charge in [0, 0.05) is 45.7 Å². The van der Waals surface area contributed by atoms with Crippen LogP contribution < -0.4 is 5.32 Å². The van der Waals surface area contributed by atoms with Gasteiger partial charge in [-0.25, -0.2) is 13.2 Å². The highest BCUT2D eigenvalue weighted by atomic mass is 32.2. The summed E-state index contributed by atoms with van der Waals surface area (Å²) in [5.41, 5.74) is 1.14. The van der Waals surface area contributed by atoms with E-state index in [4.69, 9.17) is 9.90 Å². The lowest BCUT2D eigenvalue weighted by atomic mass is 10.0. The summed E-state index contributed by atoms with van der Waals surface area (Å²) < 4.78 is 59.3. The highest BCUT2D eigenvalue weighted by molar-refractivity contribution is 7.89. The largest absolute Gasteiger partial charge is 0.490 e. The number of carbonyl (C=O) groups is 2. The summed E-state index contributed by atoms with van der Waals surface area (Å²) in [7, 11) is -3.58. The summed E-state index contributed by atoms with van der Waals surface area (Å²) in [5, 5.41) is 10.3. The van der Waals surface area contributed by atoms with E-state index in [0.29, 0.717) is 36.9 Å². The fraction of sp³-hybridized carbons (Fsp3) is 0.636. The molecule has 1 aliphatic rings. The Hall–Kier alpha value is -2.18. The first-order valence-corrected chi connectivity index (χ1v) is 12.6. The highest BCUT2D eigenvalue weighted by Gasteiger charge is 2.38. The Balaban J connectivity index is 0.000000718. The molecule has 0 bridgehead atoms. The summed E-state index contributed by atoms with van der Waals surface area (Å²) in [6.07, 6.45) is -3.21. The number of carboxylic acid groups (broad SMARTS) is 1. The molecule has 1 aromatic rings. The molecule has 1 amide bonds. The number of hydrogen-bond acceptors (Lipinski definition) is 5. The fourth-order valence-electron chi connectivity index (χ4n) is 3.31. The van der Waals surface area contributed by atoms with Crippen molar-refractivity contribution < 1.29 is 36.3 Å². The quantitative estimate of drug-likeness (QED) is 0.530. The van der Waals surface area contributed by atoms with Gasteiger partial charge in [-0.1, -0.05) is 32.9 Å². The lowest BCUT2D eigenvalue weighted by Crippen LogP contribution is -2.47. The molecular formula is C22H34F3N3O5S. The smallest absolute Gasteiger partial charge is 0.475 e. The zero-order valence-corrected chi connectivity index (χ0v) is 20.6. The maximum absolute atomic E-state index is 13.0. The van der Waals surface area contributed by atoms with Gasteiger partial charge in [-0.3, -0.25) is 4.79 Å². The lowest BCUT2D eigenvalue weighted by molar-refractivity contribution is -0.192. The van der Waals surface area contributed by atoms with E-state index in [9.17, 15) is 26.4 Å². The second-order valence-corrected chi connectivity index (χ2v) is 10.3. The molecule has 0 unspecified atom stereocenters. The number of carbonyl (C=O) groups excluding carboxylic acids is 1. The molecule has 2 rings (SSSR count). The van der Waals surface area contributed by atoms with E-state index < -0.39 is 22.2 Å². The first-order chi connectivity index (χ1) is 15.8. The first kappa shape index (κ1) is 29.9. The summed E-state index contributed by atoms with van der Waals surface area (Å²) in [4.78, 5) is 23.4. The monoisotopic (exact) mass is 509 g/mol. The van der Waals surface area contributed by atoms with Gasteiger partial charge in [-0.2, -0.15) is 17.5 Å². The predicted octanol–water partition coefficient (Wildman–Crippen LogP) is 2.74. The molecule has 34 heavy (non-hydrogen) atoms. The summed E-state index contributed by atoms with van der Waals surface area (Å²) in [5.74, 6) is -2.20. The number of sulfonamides is 1. The SMILES string of the molecule is CCCN(CCC(=O)N1CCNCC1)S(=O)(=O)c1ccc(CC(C)C)cc1.O=C(O)C(F)(F)F. The number of piperazine rings is 1. The Bertz CT molecular complexity index is 884. The van der Waals surface area contributed by atoms with E-state index in [0.717, 1.165) is 25.1 Å². The number of rotatable bonds is 9. The second kappa shape index (κ2) is 13.6. The average Bonchev–Trinajstić information content (AvgIpc) is 2.76. The molecule has 1 saturated heterocycles.